The lowest BCUT2D eigenvalue weighted by atomic mass is 10.2. The summed E-state index contributed by atoms with van der Waals surface area (Å²) in [7, 11) is -3.83. The molecular weight excluding hydrogens is 296 g/mol. The predicted molar refractivity (Wildman–Crippen MR) is 76.3 cm³/mol. The zero-order valence-corrected chi connectivity index (χ0v) is 11.5. The maximum absolute atomic E-state index is 11.2. The summed E-state index contributed by atoms with van der Waals surface area (Å²) in [5.74, 6) is 0.432. The van der Waals surface area contributed by atoms with Crippen molar-refractivity contribution in [2.75, 3.05) is 5.32 Å². The molecule has 0 bridgehead atoms. The number of furan rings is 1. The summed E-state index contributed by atoms with van der Waals surface area (Å²) in [5.41, 5.74) is 1.87. The maximum Gasteiger partial charge on any atom is 0.323 e. The van der Waals surface area contributed by atoms with Crippen LogP contribution in [0.25, 0.3) is 11.0 Å². The molecule has 9 heteroatoms. The number of H-pyrrole nitrogens is 2. The molecule has 2 heterocycles. The summed E-state index contributed by atoms with van der Waals surface area (Å²) in [6.07, 6.45) is 0. The van der Waals surface area contributed by atoms with Gasteiger partial charge in [0.05, 0.1) is 17.6 Å². The van der Waals surface area contributed by atoms with Crippen LogP contribution in [0.4, 0.5) is 5.69 Å². The lowest BCUT2D eigenvalue weighted by Crippen LogP contribution is -2.10. The SMILES string of the molecule is NS(=O)(=O)c1ccc(CNc2ccc3[nH]c(=O)[nH]c3c2)o1. The summed E-state index contributed by atoms with van der Waals surface area (Å²) < 4.78 is 27.3. The van der Waals surface area contributed by atoms with E-state index in [2.05, 4.69) is 15.3 Å². The first-order valence-corrected chi connectivity index (χ1v) is 7.54. The van der Waals surface area contributed by atoms with Crippen LogP contribution in [0.5, 0.6) is 0 Å². The normalized spacial score (nSPS) is 11.9. The maximum atomic E-state index is 11.2. The fraction of sp³-hybridized carbons (Fsp3) is 0.0833. The van der Waals surface area contributed by atoms with E-state index in [1.807, 2.05) is 0 Å². The highest BCUT2D eigenvalue weighted by atomic mass is 32.2. The molecule has 0 spiro atoms. The molecule has 0 aliphatic carbocycles. The first kappa shape index (κ1) is 13.5. The summed E-state index contributed by atoms with van der Waals surface area (Å²) in [4.78, 5) is 16.5. The number of hydrogen-bond acceptors (Lipinski definition) is 5. The van der Waals surface area contributed by atoms with Crippen LogP contribution in [0.15, 0.2) is 44.6 Å². The van der Waals surface area contributed by atoms with Crippen LogP contribution in [-0.4, -0.2) is 18.4 Å². The average molecular weight is 308 g/mol. The van der Waals surface area contributed by atoms with Crippen LogP contribution < -0.4 is 16.1 Å². The molecule has 0 amide bonds. The van der Waals surface area contributed by atoms with Gasteiger partial charge in [0.15, 0.2) is 0 Å². The molecule has 0 radical (unpaired) electrons. The van der Waals surface area contributed by atoms with Crippen molar-refractivity contribution in [3.8, 4) is 0 Å². The Morgan fingerprint density at radius 3 is 2.62 bits per heavy atom. The van der Waals surface area contributed by atoms with Gasteiger partial charge < -0.3 is 19.7 Å². The van der Waals surface area contributed by atoms with Gasteiger partial charge in [0.25, 0.3) is 10.0 Å². The number of benzene rings is 1. The number of primary sulfonamides is 1. The van der Waals surface area contributed by atoms with Crippen LogP contribution in [-0.2, 0) is 16.6 Å². The van der Waals surface area contributed by atoms with E-state index in [9.17, 15) is 13.2 Å². The van der Waals surface area contributed by atoms with Gasteiger partial charge in [0.1, 0.15) is 5.76 Å². The van der Waals surface area contributed by atoms with Crippen molar-refractivity contribution in [2.24, 2.45) is 5.14 Å². The highest BCUT2D eigenvalue weighted by molar-refractivity contribution is 7.89. The quantitative estimate of drug-likeness (QED) is 0.563. The van der Waals surface area contributed by atoms with E-state index in [0.29, 0.717) is 16.8 Å². The first-order chi connectivity index (χ1) is 9.91. The number of anilines is 1. The van der Waals surface area contributed by atoms with Gasteiger partial charge in [-0.2, -0.15) is 0 Å². The van der Waals surface area contributed by atoms with Crippen molar-refractivity contribution in [3.63, 3.8) is 0 Å². The molecule has 3 aromatic rings. The third kappa shape index (κ3) is 2.83. The van der Waals surface area contributed by atoms with Gasteiger partial charge in [-0.25, -0.2) is 18.4 Å². The van der Waals surface area contributed by atoms with Gasteiger partial charge in [-0.1, -0.05) is 0 Å². The fourth-order valence-electron chi connectivity index (χ4n) is 1.94. The van der Waals surface area contributed by atoms with Crippen molar-refractivity contribution in [1.29, 1.82) is 0 Å². The smallest absolute Gasteiger partial charge is 0.323 e. The number of aromatic amines is 2. The highest BCUT2D eigenvalue weighted by Crippen LogP contribution is 2.17. The second kappa shape index (κ2) is 4.79. The number of nitrogens with one attached hydrogen (secondary N) is 3. The number of imidazole rings is 1. The molecule has 0 unspecified atom stereocenters. The molecule has 0 aliphatic rings. The average Bonchev–Trinajstić information content (AvgIpc) is 3.00. The third-order valence-corrected chi connectivity index (χ3v) is 3.68. The van der Waals surface area contributed by atoms with E-state index in [-0.39, 0.29) is 17.3 Å². The van der Waals surface area contributed by atoms with E-state index in [1.165, 1.54) is 12.1 Å². The number of rotatable bonds is 4. The minimum atomic E-state index is -3.83. The summed E-state index contributed by atoms with van der Waals surface area (Å²) in [5, 5.41) is 7.75. The van der Waals surface area contributed by atoms with Crippen molar-refractivity contribution < 1.29 is 12.8 Å². The van der Waals surface area contributed by atoms with Gasteiger partial charge in [0, 0.05) is 5.69 Å². The molecule has 3 rings (SSSR count). The second-order valence-electron chi connectivity index (χ2n) is 4.46. The molecule has 0 aliphatic heterocycles. The predicted octanol–water partition coefficient (Wildman–Crippen LogP) is 0.709. The van der Waals surface area contributed by atoms with Gasteiger partial charge in [-0.15, -0.1) is 0 Å². The van der Waals surface area contributed by atoms with Gasteiger partial charge >= 0.3 is 5.69 Å². The molecule has 0 saturated heterocycles. The topological polar surface area (TPSA) is 134 Å². The lowest BCUT2D eigenvalue weighted by molar-refractivity contribution is 0.419. The molecule has 1 aromatic carbocycles. The minimum Gasteiger partial charge on any atom is -0.446 e. The zero-order chi connectivity index (χ0) is 15.0. The summed E-state index contributed by atoms with van der Waals surface area (Å²) in [6.45, 7) is 0.287. The number of nitrogens with two attached hydrogens (primary N) is 1. The molecule has 21 heavy (non-hydrogen) atoms. The molecule has 0 fully saturated rings. The van der Waals surface area contributed by atoms with Gasteiger partial charge in [0.2, 0.25) is 5.09 Å². The number of fused-ring (bicyclic) bond motifs is 1. The van der Waals surface area contributed by atoms with Crippen LogP contribution in [0, 0.1) is 0 Å². The van der Waals surface area contributed by atoms with Crippen LogP contribution in [0.1, 0.15) is 5.76 Å². The number of hydrogen-bond donors (Lipinski definition) is 4. The highest BCUT2D eigenvalue weighted by Gasteiger charge is 2.13. The Kier molecular flexibility index (Phi) is 3.07. The minimum absolute atomic E-state index is 0.272. The van der Waals surface area contributed by atoms with E-state index in [4.69, 9.17) is 9.56 Å². The standard InChI is InChI=1S/C12H12N4O4S/c13-21(18,19)11-4-2-8(20-11)6-14-7-1-3-9-10(5-7)16-12(17)15-9/h1-5,14H,6H2,(H2,13,18,19)(H2,15,16,17). The van der Waals surface area contributed by atoms with Gasteiger partial charge in [-0.3, -0.25) is 0 Å². The number of aromatic nitrogens is 2. The van der Waals surface area contributed by atoms with Crippen molar-refractivity contribution in [1.82, 2.24) is 9.97 Å². The molecule has 0 saturated carbocycles. The van der Waals surface area contributed by atoms with Crippen LogP contribution in [0.2, 0.25) is 0 Å². The molecule has 110 valence electrons. The molecular formula is C12H12N4O4S. The summed E-state index contributed by atoms with van der Waals surface area (Å²) in [6, 6.07) is 8.14. The fourth-order valence-corrected chi connectivity index (χ4v) is 2.42. The second-order valence-corrected chi connectivity index (χ2v) is 5.95. The molecule has 5 N–H and O–H groups in total. The molecule has 0 atom stereocenters. The van der Waals surface area contributed by atoms with E-state index < -0.39 is 10.0 Å². The lowest BCUT2D eigenvalue weighted by Gasteiger charge is -2.04. The molecule has 2 aromatic heterocycles. The Morgan fingerprint density at radius 2 is 1.90 bits per heavy atom. The van der Waals surface area contributed by atoms with Crippen LogP contribution >= 0.6 is 0 Å². The van der Waals surface area contributed by atoms with Crippen molar-refractivity contribution in [3.05, 3.63) is 46.6 Å². The zero-order valence-electron chi connectivity index (χ0n) is 10.7. The van der Waals surface area contributed by atoms with Crippen molar-refractivity contribution >= 4 is 26.7 Å². The Balaban J connectivity index is 1.76. The Labute approximate surface area is 119 Å². The van der Waals surface area contributed by atoms with Crippen molar-refractivity contribution in [2.45, 2.75) is 11.6 Å². The first-order valence-electron chi connectivity index (χ1n) is 5.99. The van der Waals surface area contributed by atoms with E-state index in [1.54, 1.807) is 18.2 Å². The Hall–Kier alpha value is -2.52. The van der Waals surface area contributed by atoms with E-state index >= 15 is 0 Å². The largest absolute Gasteiger partial charge is 0.446 e. The Bertz CT molecular complexity index is 951. The molecule has 8 nitrogen and oxygen atoms in total. The summed E-state index contributed by atoms with van der Waals surface area (Å²) >= 11 is 0. The monoisotopic (exact) mass is 308 g/mol. The van der Waals surface area contributed by atoms with Crippen LogP contribution in [0.3, 0.4) is 0 Å². The third-order valence-electron chi connectivity index (χ3n) is 2.90. The van der Waals surface area contributed by atoms with E-state index in [0.717, 1.165) is 5.69 Å². The number of sulfonamides is 1. The Morgan fingerprint density at radius 1 is 1.14 bits per heavy atom. The van der Waals surface area contributed by atoms with Gasteiger partial charge in [-0.05, 0) is 30.3 Å².